The van der Waals surface area contributed by atoms with Crippen LogP contribution < -0.4 is 0 Å². The Morgan fingerprint density at radius 3 is 1.83 bits per heavy atom. The van der Waals surface area contributed by atoms with Crippen LogP contribution in [0.25, 0.3) is 11.2 Å². The van der Waals surface area contributed by atoms with Crippen LogP contribution in [0.2, 0.25) is 0 Å². The van der Waals surface area contributed by atoms with Crippen LogP contribution >= 0.6 is 0 Å². The summed E-state index contributed by atoms with van der Waals surface area (Å²) in [7, 11) is 0. The molecule has 1 aliphatic heterocycles. The molecular weight excluding hydrogens is 668 g/mol. The first-order valence-electron chi connectivity index (χ1n) is 17.7. The van der Waals surface area contributed by atoms with E-state index in [1.807, 2.05) is 109 Å². The fraction of sp³-hybridized carbons (Fsp3) is 0.182. The lowest BCUT2D eigenvalue weighted by molar-refractivity contribution is -0.0957. The van der Waals surface area contributed by atoms with Gasteiger partial charge in [0.25, 0.3) is 0 Å². The van der Waals surface area contributed by atoms with Gasteiger partial charge in [-0.15, -0.1) is 0 Å². The Hall–Kier alpha value is -6.03. The van der Waals surface area contributed by atoms with Gasteiger partial charge in [-0.05, 0) is 47.2 Å². The van der Waals surface area contributed by atoms with Gasteiger partial charge in [0.15, 0.2) is 24.2 Å². The lowest BCUT2D eigenvalue weighted by Crippen LogP contribution is -2.41. The summed E-state index contributed by atoms with van der Waals surface area (Å²) in [6.07, 6.45) is -0.948. The van der Waals surface area contributed by atoms with Gasteiger partial charge in [0, 0.05) is 0 Å². The summed E-state index contributed by atoms with van der Waals surface area (Å²) in [6.45, 7) is -0.119. The van der Waals surface area contributed by atoms with Crippen molar-refractivity contribution < 1.29 is 23.4 Å². The number of alkyl halides is 1. The minimum absolute atomic E-state index is 0.119. The van der Waals surface area contributed by atoms with E-state index in [4.69, 9.17) is 14.2 Å². The molecule has 1 fully saturated rings. The fourth-order valence-corrected chi connectivity index (χ4v) is 7.11. The number of benzene rings is 5. The summed E-state index contributed by atoms with van der Waals surface area (Å²) >= 11 is 0. The number of fused-ring (bicyclic) bond motifs is 1. The minimum atomic E-state index is -1.78. The summed E-state index contributed by atoms with van der Waals surface area (Å²) < 4.78 is 38.1. The zero-order valence-corrected chi connectivity index (χ0v) is 28.8. The van der Waals surface area contributed by atoms with E-state index in [0.717, 1.165) is 28.8 Å². The molecule has 0 radical (unpaired) electrons. The molecule has 0 saturated carbocycles. The Kier molecular flexibility index (Phi) is 9.83. The second-order valence-electron chi connectivity index (χ2n) is 13.0. The van der Waals surface area contributed by atoms with Crippen LogP contribution in [0.15, 0.2) is 164 Å². The molecule has 7 aromatic rings. The summed E-state index contributed by atoms with van der Waals surface area (Å²) in [5.41, 5.74) is 4.74. The van der Waals surface area contributed by atoms with Gasteiger partial charge in [-0.25, -0.2) is 24.1 Å². The average molecular weight is 705 g/mol. The van der Waals surface area contributed by atoms with E-state index in [9.17, 15) is 4.79 Å². The van der Waals surface area contributed by atoms with E-state index >= 15 is 4.39 Å². The molecule has 9 heteroatoms. The van der Waals surface area contributed by atoms with Gasteiger partial charge in [0.2, 0.25) is 0 Å². The summed E-state index contributed by atoms with van der Waals surface area (Å²) in [5.74, 6) is -0.658. The highest BCUT2D eigenvalue weighted by molar-refractivity contribution is 5.89. The van der Waals surface area contributed by atoms with Crippen molar-refractivity contribution in [3.05, 3.63) is 198 Å². The Bertz CT molecular complexity index is 2160. The first-order chi connectivity index (χ1) is 26.1. The highest BCUT2D eigenvalue weighted by Crippen LogP contribution is 2.43. The molecule has 5 aromatic carbocycles. The number of rotatable bonds is 12. The van der Waals surface area contributed by atoms with Crippen LogP contribution in [-0.4, -0.2) is 50.5 Å². The van der Waals surface area contributed by atoms with E-state index in [1.165, 1.54) is 18.2 Å². The van der Waals surface area contributed by atoms with Crippen LogP contribution in [0.3, 0.4) is 0 Å². The monoisotopic (exact) mass is 704 g/mol. The van der Waals surface area contributed by atoms with Crippen molar-refractivity contribution in [1.29, 1.82) is 0 Å². The highest BCUT2D eigenvalue weighted by Gasteiger charge is 2.51. The molecule has 8 rings (SSSR count). The van der Waals surface area contributed by atoms with Crippen molar-refractivity contribution in [2.75, 3.05) is 6.61 Å². The first-order valence-corrected chi connectivity index (χ1v) is 17.7. The number of nitrogens with zero attached hydrogens (tertiary/aromatic N) is 4. The van der Waals surface area contributed by atoms with Gasteiger partial charge < -0.3 is 14.2 Å². The van der Waals surface area contributed by atoms with E-state index in [0.29, 0.717) is 23.1 Å². The van der Waals surface area contributed by atoms with Crippen LogP contribution in [0, 0.1) is 0 Å². The van der Waals surface area contributed by atoms with Crippen molar-refractivity contribution in [2.45, 2.75) is 43.1 Å². The molecule has 0 amide bonds. The summed E-state index contributed by atoms with van der Waals surface area (Å²) in [4.78, 5) is 27.1. The molecule has 0 spiro atoms. The number of aryl methyl sites for hydroxylation is 2. The van der Waals surface area contributed by atoms with Crippen LogP contribution in [-0.2, 0) is 32.7 Å². The zero-order chi connectivity index (χ0) is 36.0. The van der Waals surface area contributed by atoms with Gasteiger partial charge in [-0.1, -0.05) is 140 Å². The largest absolute Gasteiger partial charge is 0.453 e. The smallest absolute Gasteiger partial charge is 0.338 e. The van der Waals surface area contributed by atoms with Crippen molar-refractivity contribution in [2.24, 2.45) is 0 Å². The Balaban J connectivity index is 1.15. The van der Waals surface area contributed by atoms with Gasteiger partial charge >= 0.3 is 5.97 Å². The number of hydrogen-bond donors (Lipinski definition) is 0. The van der Waals surface area contributed by atoms with Crippen LogP contribution in [0.5, 0.6) is 0 Å². The summed E-state index contributed by atoms with van der Waals surface area (Å²) in [6, 6.07) is 48.4. The number of ether oxygens (including phenoxy) is 3. The number of carbonyl (C=O) groups is 1. The molecular formula is C44H37FN4O4. The van der Waals surface area contributed by atoms with Crippen molar-refractivity contribution >= 4 is 17.1 Å². The third kappa shape index (κ3) is 6.84. The first kappa shape index (κ1) is 34.1. The summed E-state index contributed by atoms with van der Waals surface area (Å²) in [5, 5.41) is 0. The quantitative estimate of drug-likeness (QED) is 0.0939. The van der Waals surface area contributed by atoms with Crippen LogP contribution in [0.4, 0.5) is 4.39 Å². The highest BCUT2D eigenvalue weighted by atomic mass is 19.1. The maximum atomic E-state index is 17.0. The number of imidazole rings is 1. The average Bonchev–Trinajstić information content (AvgIpc) is 3.79. The maximum absolute atomic E-state index is 17.0. The molecule has 53 heavy (non-hydrogen) atoms. The van der Waals surface area contributed by atoms with Crippen molar-refractivity contribution in [3.63, 3.8) is 0 Å². The Labute approximate surface area is 306 Å². The number of esters is 1. The number of aromatic nitrogens is 4. The molecule has 4 atom stereocenters. The Morgan fingerprint density at radius 1 is 0.698 bits per heavy atom. The zero-order valence-electron chi connectivity index (χ0n) is 28.8. The lowest BCUT2D eigenvalue weighted by Gasteiger charge is -2.37. The van der Waals surface area contributed by atoms with Crippen molar-refractivity contribution in [1.82, 2.24) is 19.5 Å². The molecule has 0 aliphatic carbocycles. The molecule has 0 bridgehead atoms. The minimum Gasteiger partial charge on any atom is -0.453 e. The standard InChI is InChI=1S/C44H37FN4O4/c45-38-40(53-43(50)32-18-8-2-9-19-32)37(52-42(38)49-30-48-39-36(46-29-47-41(39)49)27-26-31-16-6-1-7-17-31)28-51-44(33-20-10-3-11-21-33,34-22-12-4-13-23-34)35-24-14-5-15-25-35/h1-25,29-30,37-38,40,42H,26-28H2/t37-,38+,40-,42-/m1/s1. The second kappa shape index (κ2) is 15.3. The van der Waals surface area contributed by atoms with E-state index in [2.05, 4.69) is 27.1 Å². The number of hydrogen-bond acceptors (Lipinski definition) is 7. The Morgan fingerprint density at radius 2 is 1.25 bits per heavy atom. The SMILES string of the molecule is O=C(O[C@H]1[C@H](F)[C@H](n2cnc3c(CCc4ccccc4)ncnc32)O[C@@H]1COC(c1ccccc1)(c1ccccc1)c1ccccc1)c1ccccc1. The normalized spacial score (nSPS) is 18.6. The van der Waals surface area contributed by atoms with E-state index in [-0.39, 0.29) is 6.61 Å². The van der Waals surface area contributed by atoms with Gasteiger partial charge in [-0.2, -0.15) is 0 Å². The fourth-order valence-electron chi connectivity index (χ4n) is 7.11. The third-order valence-corrected chi connectivity index (χ3v) is 9.73. The van der Waals surface area contributed by atoms with Crippen molar-refractivity contribution in [3.8, 4) is 0 Å². The molecule has 0 N–H and O–H groups in total. The molecule has 0 unspecified atom stereocenters. The van der Waals surface area contributed by atoms with Crippen LogP contribution in [0.1, 0.15) is 44.5 Å². The topological polar surface area (TPSA) is 88.4 Å². The molecule has 3 heterocycles. The molecule has 2 aromatic heterocycles. The number of carbonyl (C=O) groups excluding carboxylic acids is 1. The molecule has 8 nitrogen and oxygen atoms in total. The van der Waals surface area contributed by atoms with E-state index < -0.39 is 36.2 Å². The molecule has 264 valence electrons. The molecule has 1 aliphatic rings. The predicted molar refractivity (Wildman–Crippen MR) is 199 cm³/mol. The third-order valence-electron chi connectivity index (χ3n) is 9.73. The number of halogens is 1. The van der Waals surface area contributed by atoms with E-state index in [1.54, 1.807) is 34.9 Å². The molecule has 1 saturated heterocycles. The van der Waals surface area contributed by atoms with Gasteiger partial charge in [0.1, 0.15) is 23.5 Å². The van der Waals surface area contributed by atoms with Gasteiger partial charge in [0.05, 0.1) is 24.2 Å². The predicted octanol–water partition coefficient (Wildman–Crippen LogP) is 8.08. The van der Waals surface area contributed by atoms with Gasteiger partial charge in [-0.3, -0.25) is 4.57 Å². The second-order valence-corrected chi connectivity index (χ2v) is 13.0. The lowest BCUT2D eigenvalue weighted by atomic mass is 9.80. The maximum Gasteiger partial charge on any atom is 0.338 e.